The summed E-state index contributed by atoms with van der Waals surface area (Å²) in [5.41, 5.74) is 1.29. The van der Waals surface area contributed by atoms with Gasteiger partial charge in [0.25, 0.3) is 5.91 Å². The number of nitrogens with zero attached hydrogens (tertiary/aromatic N) is 1. The van der Waals surface area contributed by atoms with Crippen LogP contribution < -0.4 is 14.8 Å². The van der Waals surface area contributed by atoms with Crippen LogP contribution in [0.3, 0.4) is 0 Å². The molecule has 6 nitrogen and oxygen atoms in total. The molecule has 24 heavy (non-hydrogen) atoms. The second-order valence-electron chi connectivity index (χ2n) is 5.26. The van der Waals surface area contributed by atoms with Crippen molar-refractivity contribution in [2.45, 2.75) is 12.5 Å². The molecule has 2 aromatic rings. The lowest BCUT2D eigenvalue weighted by Crippen LogP contribution is -2.28. The van der Waals surface area contributed by atoms with E-state index in [0.29, 0.717) is 41.2 Å². The van der Waals surface area contributed by atoms with E-state index in [0.717, 1.165) is 10.6 Å². The Kier molecular flexibility index (Phi) is 4.03. The number of oxime groups is 1. The number of hydrogen-bond acceptors (Lipinski definition) is 6. The first kappa shape index (κ1) is 15.3. The zero-order valence-electron chi connectivity index (χ0n) is 12.5. The van der Waals surface area contributed by atoms with Gasteiger partial charge >= 0.3 is 0 Å². The molecule has 1 aromatic heterocycles. The van der Waals surface area contributed by atoms with Crippen molar-refractivity contribution in [3.8, 4) is 11.5 Å². The fraction of sp³-hybridized carbons (Fsp3) is 0.250. The summed E-state index contributed by atoms with van der Waals surface area (Å²) >= 11 is 7.34. The maximum absolute atomic E-state index is 12.5. The molecular weight excluding hydrogens is 352 g/mol. The van der Waals surface area contributed by atoms with Crippen molar-refractivity contribution in [3.05, 3.63) is 39.5 Å². The van der Waals surface area contributed by atoms with Crippen molar-refractivity contribution in [2.75, 3.05) is 18.5 Å². The largest absolute Gasteiger partial charge is 0.486 e. The van der Waals surface area contributed by atoms with Crippen molar-refractivity contribution in [2.24, 2.45) is 5.16 Å². The molecule has 0 aliphatic carbocycles. The molecule has 0 spiro atoms. The number of carbonyl (C=O) groups excluding carboxylic acids is 1. The van der Waals surface area contributed by atoms with E-state index in [-0.39, 0.29) is 5.91 Å². The van der Waals surface area contributed by atoms with Crippen molar-refractivity contribution in [1.82, 2.24) is 0 Å². The number of anilines is 1. The number of nitrogens with one attached hydrogen (secondary N) is 1. The Morgan fingerprint density at radius 1 is 1.25 bits per heavy atom. The van der Waals surface area contributed by atoms with Crippen LogP contribution >= 0.6 is 22.9 Å². The van der Waals surface area contributed by atoms with E-state index in [1.165, 1.54) is 11.3 Å². The number of fused-ring (bicyclic) bond motifs is 1. The van der Waals surface area contributed by atoms with Crippen molar-refractivity contribution >= 4 is 40.2 Å². The number of carbonyl (C=O) groups is 1. The molecule has 8 heteroatoms. The maximum Gasteiger partial charge on any atom is 0.268 e. The first-order valence-corrected chi connectivity index (χ1v) is 8.58. The average Bonchev–Trinajstić information content (AvgIpc) is 3.24. The monoisotopic (exact) mass is 364 g/mol. The molecule has 124 valence electrons. The minimum absolute atomic E-state index is 0.279. The molecule has 0 radical (unpaired) electrons. The number of rotatable bonds is 3. The summed E-state index contributed by atoms with van der Waals surface area (Å²) < 4.78 is 11.8. The minimum Gasteiger partial charge on any atom is -0.486 e. The van der Waals surface area contributed by atoms with Gasteiger partial charge in [-0.25, -0.2) is 0 Å². The zero-order chi connectivity index (χ0) is 16.5. The normalized spacial score (nSPS) is 18.7. The smallest absolute Gasteiger partial charge is 0.268 e. The van der Waals surface area contributed by atoms with Gasteiger partial charge in [-0.3, -0.25) is 4.79 Å². The molecular formula is C16H13ClN2O4S. The second-order valence-corrected chi connectivity index (χ2v) is 6.97. The van der Waals surface area contributed by atoms with Gasteiger partial charge in [0, 0.05) is 6.42 Å². The summed E-state index contributed by atoms with van der Waals surface area (Å²) in [7, 11) is 0. The lowest BCUT2D eigenvalue weighted by Gasteiger charge is -2.21. The molecule has 4 rings (SSSR count). The highest BCUT2D eigenvalue weighted by atomic mass is 35.5. The third-order valence-corrected chi connectivity index (χ3v) is 4.92. The lowest BCUT2D eigenvalue weighted by molar-refractivity contribution is -0.125. The highest BCUT2D eigenvalue weighted by molar-refractivity contribution is 7.18. The molecule has 2 aliphatic rings. The molecule has 3 heterocycles. The van der Waals surface area contributed by atoms with Gasteiger partial charge in [0.15, 0.2) is 11.5 Å². The molecule has 0 fully saturated rings. The summed E-state index contributed by atoms with van der Waals surface area (Å²) in [5, 5.41) is 6.83. The van der Waals surface area contributed by atoms with Gasteiger partial charge in [-0.1, -0.05) is 22.8 Å². The fourth-order valence-corrected chi connectivity index (χ4v) is 3.55. The van der Waals surface area contributed by atoms with Crippen molar-refractivity contribution in [3.63, 3.8) is 0 Å². The Bertz CT molecular complexity index is 820. The number of amides is 1. The van der Waals surface area contributed by atoms with E-state index in [4.69, 9.17) is 25.9 Å². The van der Waals surface area contributed by atoms with Crippen LogP contribution in [-0.4, -0.2) is 30.9 Å². The third kappa shape index (κ3) is 2.92. The number of hydrogen-bond donors (Lipinski definition) is 1. The first-order valence-electron chi connectivity index (χ1n) is 7.38. The van der Waals surface area contributed by atoms with Crippen molar-refractivity contribution < 1.29 is 19.1 Å². The van der Waals surface area contributed by atoms with Crippen LogP contribution in [0.1, 0.15) is 11.3 Å². The summed E-state index contributed by atoms with van der Waals surface area (Å²) in [4.78, 5) is 18.6. The van der Waals surface area contributed by atoms with Gasteiger partial charge in [-0.15, -0.1) is 11.3 Å². The summed E-state index contributed by atoms with van der Waals surface area (Å²) in [5.74, 6) is 0.886. The Hall–Kier alpha value is -2.25. The highest BCUT2D eigenvalue weighted by Gasteiger charge is 2.30. The topological polar surface area (TPSA) is 69.2 Å². The molecule has 0 saturated heterocycles. The Morgan fingerprint density at radius 2 is 2.12 bits per heavy atom. The van der Waals surface area contributed by atoms with Crippen LogP contribution in [0.5, 0.6) is 11.5 Å². The van der Waals surface area contributed by atoms with E-state index in [1.807, 2.05) is 6.07 Å². The molecule has 1 atom stereocenters. The summed E-state index contributed by atoms with van der Waals surface area (Å²) in [6.45, 7) is 0.947. The highest BCUT2D eigenvalue weighted by Crippen LogP contribution is 2.37. The van der Waals surface area contributed by atoms with Gasteiger partial charge in [-0.05, 0) is 24.3 Å². The Morgan fingerprint density at radius 3 is 2.96 bits per heavy atom. The van der Waals surface area contributed by atoms with E-state index in [9.17, 15) is 4.79 Å². The summed E-state index contributed by atoms with van der Waals surface area (Å²) in [6.07, 6.45) is -0.282. The first-order chi connectivity index (χ1) is 11.7. The molecule has 0 unspecified atom stereocenters. The van der Waals surface area contributed by atoms with Crippen LogP contribution in [-0.2, 0) is 9.63 Å². The molecule has 0 saturated carbocycles. The number of para-hydroxylation sites is 1. The molecule has 0 bridgehead atoms. The fourth-order valence-electron chi connectivity index (χ4n) is 2.52. The second kappa shape index (κ2) is 6.33. The number of halogens is 1. The third-order valence-electron chi connectivity index (χ3n) is 3.64. The standard InChI is InChI=1S/C16H13ClN2O4S/c17-14-5-4-13(24-14)10-8-12(23-19-10)16(20)18-9-2-1-3-11-15(9)22-7-6-21-11/h1-5,12H,6-8H2,(H,18,20)/t12-/m0/s1. The van der Waals surface area contributed by atoms with E-state index >= 15 is 0 Å². The van der Waals surface area contributed by atoms with Gasteiger partial charge in [0.1, 0.15) is 18.9 Å². The SMILES string of the molecule is O=C(Nc1cccc2c1OCCO2)[C@@H]1CC(c2ccc(Cl)s2)=NO1. The Labute approximate surface area is 147 Å². The zero-order valence-corrected chi connectivity index (χ0v) is 14.0. The average molecular weight is 365 g/mol. The van der Waals surface area contributed by atoms with Gasteiger partial charge < -0.3 is 19.6 Å². The molecule has 1 aromatic carbocycles. The lowest BCUT2D eigenvalue weighted by atomic mass is 10.1. The van der Waals surface area contributed by atoms with Crippen LogP contribution in [0.2, 0.25) is 4.34 Å². The minimum atomic E-state index is -0.679. The molecule has 2 aliphatic heterocycles. The maximum atomic E-state index is 12.5. The number of ether oxygens (including phenoxy) is 2. The van der Waals surface area contributed by atoms with E-state index in [1.54, 1.807) is 24.3 Å². The van der Waals surface area contributed by atoms with E-state index < -0.39 is 6.10 Å². The number of thiophene rings is 1. The van der Waals surface area contributed by atoms with Crippen molar-refractivity contribution in [1.29, 1.82) is 0 Å². The quantitative estimate of drug-likeness (QED) is 0.907. The van der Waals surface area contributed by atoms with Crippen LogP contribution in [0, 0.1) is 0 Å². The summed E-state index contributed by atoms with van der Waals surface area (Å²) in [6, 6.07) is 9.03. The Balaban J connectivity index is 1.45. The van der Waals surface area contributed by atoms with Gasteiger partial charge in [0.05, 0.1) is 14.9 Å². The van der Waals surface area contributed by atoms with Crippen LogP contribution in [0.25, 0.3) is 0 Å². The van der Waals surface area contributed by atoms with E-state index in [2.05, 4.69) is 10.5 Å². The van der Waals surface area contributed by atoms with Gasteiger partial charge in [0.2, 0.25) is 6.10 Å². The van der Waals surface area contributed by atoms with Gasteiger partial charge in [-0.2, -0.15) is 0 Å². The predicted octanol–water partition coefficient (Wildman–Crippen LogP) is 3.30. The predicted molar refractivity (Wildman–Crippen MR) is 91.4 cm³/mol. The van der Waals surface area contributed by atoms with Crippen LogP contribution in [0.15, 0.2) is 35.5 Å². The molecule has 1 amide bonds. The molecule has 1 N–H and O–H groups in total. The number of benzene rings is 1. The van der Waals surface area contributed by atoms with Crippen LogP contribution in [0.4, 0.5) is 5.69 Å².